The third-order valence-corrected chi connectivity index (χ3v) is 3.57. The van der Waals surface area contributed by atoms with Crippen molar-refractivity contribution in [1.82, 2.24) is 25.0 Å². The van der Waals surface area contributed by atoms with Gasteiger partial charge >= 0.3 is 0 Å². The number of rotatable bonds is 4. The Kier molecular flexibility index (Phi) is 4.77. The molecule has 0 atom stereocenters. The molecule has 21 heavy (non-hydrogen) atoms. The highest BCUT2D eigenvalue weighted by Crippen LogP contribution is 2.12. The number of carbonyl (C=O) groups excluding carboxylic acids is 2. The average molecular weight is 294 g/mol. The molecule has 1 aliphatic heterocycles. The van der Waals surface area contributed by atoms with Crippen LogP contribution in [-0.4, -0.2) is 50.6 Å². The lowest BCUT2D eigenvalue weighted by Gasteiger charge is -2.32. The van der Waals surface area contributed by atoms with Crippen molar-refractivity contribution in [2.24, 2.45) is 5.92 Å². The number of piperidine rings is 1. The fourth-order valence-corrected chi connectivity index (χ4v) is 2.26. The molecule has 3 N–H and O–H groups in total. The topological polar surface area (TPSA) is 106 Å². The normalized spacial score (nSPS) is 16.2. The lowest BCUT2D eigenvalue weighted by molar-refractivity contribution is -0.133. The molecule has 0 unspecified atom stereocenters. The van der Waals surface area contributed by atoms with Gasteiger partial charge in [-0.25, -0.2) is 9.67 Å². The number of nitrogens with two attached hydrogens (primary N) is 1. The molecular formula is C13H22N6O2. The average Bonchev–Trinajstić information content (AvgIpc) is 2.84. The van der Waals surface area contributed by atoms with Crippen LogP contribution in [0.5, 0.6) is 0 Å². The van der Waals surface area contributed by atoms with Gasteiger partial charge in [0.05, 0.1) is 0 Å². The van der Waals surface area contributed by atoms with Crippen LogP contribution < -0.4 is 11.1 Å². The summed E-state index contributed by atoms with van der Waals surface area (Å²) in [5.74, 6) is 0.215. The summed E-state index contributed by atoms with van der Waals surface area (Å²) in [6.45, 7) is 5.18. The molecule has 8 heteroatoms. The molecule has 0 bridgehead atoms. The molecule has 1 fully saturated rings. The van der Waals surface area contributed by atoms with E-state index in [1.54, 1.807) is 4.90 Å². The Bertz CT molecular complexity index is 505. The highest BCUT2D eigenvalue weighted by molar-refractivity contribution is 5.78. The van der Waals surface area contributed by atoms with Gasteiger partial charge in [0, 0.05) is 25.0 Å². The van der Waals surface area contributed by atoms with Gasteiger partial charge in [-0.1, -0.05) is 13.8 Å². The van der Waals surface area contributed by atoms with Crippen LogP contribution in [-0.2, 0) is 16.1 Å². The summed E-state index contributed by atoms with van der Waals surface area (Å²) in [6, 6.07) is 0.158. The van der Waals surface area contributed by atoms with E-state index < -0.39 is 0 Å². The van der Waals surface area contributed by atoms with Crippen LogP contribution in [0.3, 0.4) is 0 Å². The summed E-state index contributed by atoms with van der Waals surface area (Å²) in [4.78, 5) is 29.3. The van der Waals surface area contributed by atoms with Gasteiger partial charge in [-0.2, -0.15) is 0 Å². The van der Waals surface area contributed by atoms with E-state index in [1.807, 2.05) is 13.8 Å². The van der Waals surface area contributed by atoms with Crippen molar-refractivity contribution in [3.05, 3.63) is 6.33 Å². The first-order chi connectivity index (χ1) is 9.95. The number of carbonyl (C=O) groups is 2. The number of amides is 2. The monoisotopic (exact) mass is 294 g/mol. The van der Waals surface area contributed by atoms with Gasteiger partial charge in [-0.05, 0) is 12.8 Å². The molecule has 8 nitrogen and oxygen atoms in total. The molecule has 0 aromatic carbocycles. The van der Waals surface area contributed by atoms with Crippen LogP contribution in [0.2, 0.25) is 0 Å². The smallest absolute Gasteiger partial charge is 0.244 e. The fourth-order valence-electron chi connectivity index (χ4n) is 2.26. The number of anilines is 1. The van der Waals surface area contributed by atoms with Gasteiger partial charge in [0.1, 0.15) is 12.9 Å². The summed E-state index contributed by atoms with van der Waals surface area (Å²) in [5.41, 5.74) is 5.41. The van der Waals surface area contributed by atoms with E-state index in [9.17, 15) is 9.59 Å². The minimum atomic E-state index is -0.0116. The van der Waals surface area contributed by atoms with Crippen LogP contribution in [0, 0.1) is 5.92 Å². The molecule has 0 aliphatic carbocycles. The first-order valence-corrected chi connectivity index (χ1v) is 7.18. The Labute approximate surface area is 123 Å². The Hall–Kier alpha value is -2.12. The maximum Gasteiger partial charge on any atom is 0.244 e. The third-order valence-electron chi connectivity index (χ3n) is 3.57. The molecule has 1 aromatic heterocycles. The maximum absolute atomic E-state index is 12.1. The van der Waals surface area contributed by atoms with Crippen LogP contribution in [0.25, 0.3) is 0 Å². The standard InChI is InChI=1S/C13H22N6O2/c1-9(2)12(21)16-10-3-5-18(6-4-10)11(20)7-19-8-15-13(14)17-19/h8-10H,3-7H2,1-2H3,(H2,14,17)(H,16,21). The minimum Gasteiger partial charge on any atom is -0.367 e. The van der Waals surface area contributed by atoms with Crippen molar-refractivity contribution >= 4 is 17.8 Å². The molecule has 1 saturated heterocycles. The van der Waals surface area contributed by atoms with Crippen LogP contribution in [0.15, 0.2) is 6.33 Å². The molecule has 0 radical (unpaired) electrons. The van der Waals surface area contributed by atoms with Crippen LogP contribution >= 0.6 is 0 Å². The number of nitrogens with zero attached hydrogens (tertiary/aromatic N) is 4. The first-order valence-electron chi connectivity index (χ1n) is 7.18. The van der Waals surface area contributed by atoms with E-state index in [0.29, 0.717) is 13.1 Å². The highest BCUT2D eigenvalue weighted by Gasteiger charge is 2.24. The third kappa shape index (κ3) is 4.17. The molecule has 1 aromatic rings. The number of nitrogen functional groups attached to an aromatic ring is 1. The molecule has 1 aliphatic rings. The van der Waals surface area contributed by atoms with Crippen LogP contribution in [0.1, 0.15) is 26.7 Å². The van der Waals surface area contributed by atoms with Crippen LogP contribution in [0.4, 0.5) is 5.95 Å². The second-order valence-electron chi connectivity index (χ2n) is 5.62. The summed E-state index contributed by atoms with van der Waals surface area (Å²) in [6.07, 6.45) is 3.01. The predicted molar refractivity (Wildman–Crippen MR) is 77.0 cm³/mol. The van der Waals surface area contributed by atoms with E-state index in [1.165, 1.54) is 11.0 Å². The van der Waals surface area contributed by atoms with Crippen molar-refractivity contribution in [1.29, 1.82) is 0 Å². The summed E-state index contributed by atoms with van der Waals surface area (Å²) >= 11 is 0. The molecule has 0 spiro atoms. The number of nitrogens with one attached hydrogen (secondary N) is 1. The zero-order valence-corrected chi connectivity index (χ0v) is 12.5. The lowest BCUT2D eigenvalue weighted by atomic mass is 10.0. The van der Waals surface area contributed by atoms with Crippen molar-refractivity contribution in [3.63, 3.8) is 0 Å². The van der Waals surface area contributed by atoms with Gasteiger partial charge in [-0.15, -0.1) is 5.10 Å². The van der Waals surface area contributed by atoms with E-state index >= 15 is 0 Å². The zero-order chi connectivity index (χ0) is 15.4. The Balaban J connectivity index is 1.78. The SMILES string of the molecule is CC(C)C(=O)NC1CCN(C(=O)Cn2cnc(N)n2)CC1. The number of hydrogen-bond donors (Lipinski definition) is 2. The zero-order valence-electron chi connectivity index (χ0n) is 12.5. The maximum atomic E-state index is 12.1. The number of likely N-dealkylation sites (tertiary alicyclic amines) is 1. The van der Waals surface area contributed by atoms with Crippen molar-refractivity contribution in [2.75, 3.05) is 18.8 Å². The summed E-state index contributed by atoms with van der Waals surface area (Å²) in [7, 11) is 0. The predicted octanol–water partition coefficient (Wildman–Crippen LogP) is -0.376. The van der Waals surface area contributed by atoms with Gasteiger partial charge < -0.3 is 16.0 Å². The quantitative estimate of drug-likeness (QED) is 0.787. The summed E-state index contributed by atoms with van der Waals surface area (Å²) < 4.78 is 1.43. The summed E-state index contributed by atoms with van der Waals surface area (Å²) in [5, 5.41) is 6.91. The first kappa shape index (κ1) is 15.3. The van der Waals surface area contributed by atoms with Crippen molar-refractivity contribution < 1.29 is 9.59 Å². The van der Waals surface area contributed by atoms with Crippen molar-refractivity contribution in [2.45, 2.75) is 39.3 Å². The molecular weight excluding hydrogens is 272 g/mol. The van der Waals surface area contributed by atoms with Crippen molar-refractivity contribution in [3.8, 4) is 0 Å². The van der Waals surface area contributed by atoms with E-state index in [-0.39, 0.29) is 36.3 Å². The van der Waals surface area contributed by atoms with E-state index in [4.69, 9.17) is 5.73 Å². The van der Waals surface area contributed by atoms with Gasteiger partial charge in [-0.3, -0.25) is 9.59 Å². The molecule has 2 amide bonds. The Morgan fingerprint density at radius 1 is 1.43 bits per heavy atom. The minimum absolute atomic E-state index is 0.00599. The molecule has 2 heterocycles. The molecule has 2 rings (SSSR count). The van der Waals surface area contributed by atoms with E-state index in [0.717, 1.165) is 12.8 Å². The Morgan fingerprint density at radius 3 is 2.62 bits per heavy atom. The van der Waals surface area contributed by atoms with Gasteiger partial charge in [0.25, 0.3) is 0 Å². The number of hydrogen-bond acceptors (Lipinski definition) is 5. The van der Waals surface area contributed by atoms with Gasteiger partial charge in [0.15, 0.2) is 0 Å². The molecule has 0 saturated carbocycles. The molecule has 116 valence electrons. The van der Waals surface area contributed by atoms with Gasteiger partial charge in [0.2, 0.25) is 17.8 Å². The number of aromatic nitrogens is 3. The largest absolute Gasteiger partial charge is 0.367 e. The lowest BCUT2D eigenvalue weighted by Crippen LogP contribution is -2.48. The second kappa shape index (κ2) is 6.55. The fraction of sp³-hybridized carbons (Fsp3) is 0.692. The van der Waals surface area contributed by atoms with E-state index in [2.05, 4.69) is 15.4 Å². The second-order valence-corrected chi connectivity index (χ2v) is 5.62. The highest BCUT2D eigenvalue weighted by atomic mass is 16.2. The Morgan fingerprint density at radius 2 is 2.10 bits per heavy atom.